The summed E-state index contributed by atoms with van der Waals surface area (Å²) in [6.07, 6.45) is 5.30. The van der Waals surface area contributed by atoms with Crippen molar-refractivity contribution in [2.45, 2.75) is 72.4 Å². The van der Waals surface area contributed by atoms with Crippen LogP contribution in [0.3, 0.4) is 0 Å². The highest BCUT2D eigenvalue weighted by atomic mass is 15.2. The molecule has 17 heavy (non-hydrogen) atoms. The van der Waals surface area contributed by atoms with Gasteiger partial charge in [-0.15, -0.1) is 0 Å². The molecule has 1 rings (SSSR count). The largest absolute Gasteiger partial charge is 0.313 e. The molecule has 1 saturated carbocycles. The molecule has 0 saturated heterocycles. The van der Waals surface area contributed by atoms with Gasteiger partial charge in [-0.2, -0.15) is 0 Å². The highest BCUT2D eigenvalue weighted by molar-refractivity contribution is 4.87. The molecule has 0 bridgehead atoms. The van der Waals surface area contributed by atoms with Crippen LogP contribution in [-0.2, 0) is 0 Å². The maximum absolute atomic E-state index is 3.71. The van der Waals surface area contributed by atoms with Crippen molar-refractivity contribution in [2.75, 3.05) is 19.6 Å². The molecule has 0 amide bonds. The van der Waals surface area contributed by atoms with Gasteiger partial charge in [-0.3, -0.25) is 0 Å². The number of hydrogen-bond acceptors (Lipinski definition) is 2. The zero-order valence-electron chi connectivity index (χ0n) is 12.6. The summed E-state index contributed by atoms with van der Waals surface area (Å²) in [5.41, 5.74) is 0.433. The van der Waals surface area contributed by atoms with Gasteiger partial charge >= 0.3 is 0 Å². The zero-order chi connectivity index (χ0) is 12.9. The molecule has 1 aliphatic carbocycles. The molecule has 0 spiro atoms. The Bertz CT molecular complexity index is 211. The van der Waals surface area contributed by atoms with Crippen LogP contribution in [0.2, 0.25) is 0 Å². The third kappa shape index (κ3) is 5.39. The average molecular weight is 240 g/mol. The number of rotatable bonds is 9. The third-order valence-corrected chi connectivity index (χ3v) is 4.07. The van der Waals surface area contributed by atoms with E-state index in [0.717, 1.165) is 6.04 Å². The molecule has 0 aromatic heterocycles. The van der Waals surface area contributed by atoms with Crippen LogP contribution in [0.4, 0.5) is 0 Å². The van der Waals surface area contributed by atoms with Gasteiger partial charge in [-0.05, 0) is 51.5 Å². The van der Waals surface area contributed by atoms with Gasteiger partial charge in [0.05, 0.1) is 0 Å². The van der Waals surface area contributed by atoms with E-state index in [9.17, 15) is 0 Å². The molecule has 2 nitrogen and oxygen atoms in total. The lowest BCUT2D eigenvalue weighted by atomic mass is 9.86. The van der Waals surface area contributed by atoms with E-state index in [1.165, 1.54) is 45.3 Å². The van der Waals surface area contributed by atoms with Crippen molar-refractivity contribution in [3.63, 3.8) is 0 Å². The molecule has 0 aliphatic heterocycles. The van der Waals surface area contributed by atoms with Crippen molar-refractivity contribution in [1.29, 1.82) is 0 Å². The Morgan fingerprint density at radius 3 is 2.35 bits per heavy atom. The molecule has 1 N–H and O–H groups in total. The molecule has 1 atom stereocenters. The fourth-order valence-corrected chi connectivity index (χ4v) is 2.27. The van der Waals surface area contributed by atoms with E-state index in [1.807, 2.05) is 0 Å². The second-order valence-electron chi connectivity index (χ2n) is 6.38. The van der Waals surface area contributed by atoms with Crippen LogP contribution in [0.5, 0.6) is 0 Å². The average Bonchev–Trinajstić information content (AvgIpc) is 3.09. The minimum absolute atomic E-state index is 0.433. The predicted molar refractivity (Wildman–Crippen MR) is 76.4 cm³/mol. The summed E-state index contributed by atoms with van der Waals surface area (Å²) in [5.74, 6) is 0. The van der Waals surface area contributed by atoms with E-state index >= 15 is 0 Å². The van der Waals surface area contributed by atoms with Crippen LogP contribution in [0, 0.1) is 5.41 Å². The van der Waals surface area contributed by atoms with E-state index in [-0.39, 0.29) is 0 Å². The van der Waals surface area contributed by atoms with Crippen molar-refractivity contribution in [2.24, 2.45) is 5.41 Å². The first-order valence-corrected chi connectivity index (χ1v) is 7.48. The van der Waals surface area contributed by atoms with Crippen molar-refractivity contribution in [3.05, 3.63) is 0 Å². The molecule has 0 heterocycles. The summed E-state index contributed by atoms with van der Waals surface area (Å²) in [6.45, 7) is 15.3. The highest BCUT2D eigenvalue weighted by Crippen LogP contribution is 2.26. The zero-order valence-corrected chi connectivity index (χ0v) is 12.6. The predicted octanol–water partition coefficient (Wildman–Crippen LogP) is 3.28. The molecular weight excluding hydrogens is 208 g/mol. The number of nitrogens with zero attached hydrogens (tertiary/aromatic N) is 1. The first-order chi connectivity index (χ1) is 8.00. The van der Waals surface area contributed by atoms with Crippen molar-refractivity contribution in [1.82, 2.24) is 10.2 Å². The fraction of sp³-hybridized carbons (Fsp3) is 1.00. The van der Waals surface area contributed by atoms with Crippen molar-refractivity contribution < 1.29 is 0 Å². The normalized spacial score (nSPS) is 19.9. The van der Waals surface area contributed by atoms with Crippen LogP contribution in [0.15, 0.2) is 0 Å². The topological polar surface area (TPSA) is 15.3 Å². The smallest absolute Gasteiger partial charge is 0.00684 e. The molecule has 2 heteroatoms. The maximum Gasteiger partial charge on any atom is 0.00684 e. The van der Waals surface area contributed by atoms with Crippen LogP contribution in [0.1, 0.15) is 60.3 Å². The molecular formula is C15H32N2. The highest BCUT2D eigenvalue weighted by Gasteiger charge is 2.29. The molecule has 0 aromatic rings. The lowest BCUT2D eigenvalue weighted by Gasteiger charge is -2.37. The number of hydrogen-bond donors (Lipinski definition) is 1. The Kier molecular flexibility index (Phi) is 5.94. The molecule has 1 fully saturated rings. The van der Waals surface area contributed by atoms with E-state index in [0.29, 0.717) is 11.5 Å². The van der Waals surface area contributed by atoms with Crippen molar-refractivity contribution >= 4 is 0 Å². The molecule has 102 valence electrons. The minimum Gasteiger partial charge on any atom is -0.313 e. The standard InChI is InChI=1S/C15H32N2/c1-6-10-17(13(3)4)12-15(5,7-2)11-16-14-8-9-14/h13-14,16H,6-12H2,1-5H3. The van der Waals surface area contributed by atoms with Crippen LogP contribution in [-0.4, -0.2) is 36.6 Å². The molecule has 1 unspecified atom stereocenters. The SMILES string of the molecule is CCCN(CC(C)(CC)CNC1CC1)C(C)C. The lowest BCUT2D eigenvalue weighted by Crippen LogP contribution is -2.45. The van der Waals surface area contributed by atoms with Gasteiger partial charge in [0, 0.05) is 25.2 Å². The first kappa shape index (κ1) is 15.0. The number of nitrogens with one attached hydrogen (secondary N) is 1. The Balaban J connectivity index is 2.44. The second kappa shape index (κ2) is 6.75. The summed E-state index contributed by atoms with van der Waals surface area (Å²) < 4.78 is 0. The fourth-order valence-electron chi connectivity index (χ4n) is 2.27. The monoisotopic (exact) mass is 240 g/mol. The van der Waals surface area contributed by atoms with E-state index in [2.05, 4.69) is 44.8 Å². The summed E-state index contributed by atoms with van der Waals surface area (Å²) in [7, 11) is 0. The van der Waals surface area contributed by atoms with Gasteiger partial charge in [-0.25, -0.2) is 0 Å². The minimum atomic E-state index is 0.433. The van der Waals surface area contributed by atoms with E-state index in [4.69, 9.17) is 0 Å². The van der Waals surface area contributed by atoms with Crippen LogP contribution in [0.25, 0.3) is 0 Å². The van der Waals surface area contributed by atoms with Crippen LogP contribution < -0.4 is 5.32 Å². The van der Waals surface area contributed by atoms with Gasteiger partial charge in [0.25, 0.3) is 0 Å². The van der Waals surface area contributed by atoms with Crippen LogP contribution >= 0.6 is 0 Å². The van der Waals surface area contributed by atoms with Gasteiger partial charge in [0.15, 0.2) is 0 Å². The third-order valence-electron chi connectivity index (χ3n) is 4.07. The molecule has 0 aromatic carbocycles. The lowest BCUT2D eigenvalue weighted by molar-refractivity contribution is 0.126. The Morgan fingerprint density at radius 2 is 1.94 bits per heavy atom. The maximum atomic E-state index is 3.71. The van der Waals surface area contributed by atoms with E-state index < -0.39 is 0 Å². The van der Waals surface area contributed by atoms with Gasteiger partial charge in [-0.1, -0.05) is 20.8 Å². The first-order valence-electron chi connectivity index (χ1n) is 7.48. The van der Waals surface area contributed by atoms with Gasteiger partial charge in [0.1, 0.15) is 0 Å². The summed E-state index contributed by atoms with van der Waals surface area (Å²) >= 11 is 0. The molecule has 1 aliphatic rings. The Labute approximate surface area is 108 Å². The van der Waals surface area contributed by atoms with E-state index in [1.54, 1.807) is 0 Å². The molecule has 0 radical (unpaired) electrons. The van der Waals surface area contributed by atoms with Gasteiger partial charge < -0.3 is 10.2 Å². The van der Waals surface area contributed by atoms with Crippen molar-refractivity contribution in [3.8, 4) is 0 Å². The Hall–Kier alpha value is -0.0800. The summed E-state index contributed by atoms with van der Waals surface area (Å²) in [4.78, 5) is 2.64. The second-order valence-corrected chi connectivity index (χ2v) is 6.38. The summed E-state index contributed by atoms with van der Waals surface area (Å²) in [6, 6.07) is 1.50. The Morgan fingerprint density at radius 1 is 1.29 bits per heavy atom. The summed E-state index contributed by atoms with van der Waals surface area (Å²) in [5, 5.41) is 3.71. The quantitative estimate of drug-likeness (QED) is 0.665. The van der Waals surface area contributed by atoms with Gasteiger partial charge in [0.2, 0.25) is 0 Å².